The molecule has 0 saturated heterocycles. The van der Waals surface area contributed by atoms with Crippen LogP contribution in [0, 0.1) is 12.8 Å². The molecular weight excluding hydrogens is 246 g/mol. The molecule has 0 fully saturated rings. The van der Waals surface area contributed by atoms with E-state index >= 15 is 0 Å². The highest BCUT2D eigenvalue weighted by atomic mass is 16.1. The normalized spacial score (nSPS) is 12.8. The first kappa shape index (κ1) is 14.8. The number of fused-ring (bicyclic) bond motifs is 1. The van der Waals surface area contributed by atoms with Crippen LogP contribution >= 0.6 is 0 Å². The van der Waals surface area contributed by atoms with Crippen molar-refractivity contribution < 1.29 is 0 Å². The highest BCUT2D eigenvalue weighted by molar-refractivity contribution is 5.82. The van der Waals surface area contributed by atoms with Crippen molar-refractivity contribution in [3.63, 3.8) is 0 Å². The topological polar surface area (TPSA) is 22.0 Å². The zero-order valence-corrected chi connectivity index (χ0v) is 12.9. The first-order valence-electron chi connectivity index (χ1n) is 7.76. The van der Waals surface area contributed by atoms with Gasteiger partial charge in [0.1, 0.15) is 0 Å². The Bertz CT molecular complexity index is 627. The van der Waals surface area contributed by atoms with Gasteiger partial charge < -0.3 is 4.57 Å². The lowest BCUT2D eigenvalue weighted by atomic mass is 9.98. The molecule has 0 amide bonds. The van der Waals surface area contributed by atoms with Crippen LogP contribution in [0.25, 0.3) is 10.9 Å². The average molecular weight is 271 g/mol. The molecule has 20 heavy (non-hydrogen) atoms. The van der Waals surface area contributed by atoms with E-state index in [1.807, 2.05) is 23.6 Å². The second-order valence-electron chi connectivity index (χ2n) is 5.71. The van der Waals surface area contributed by atoms with Gasteiger partial charge in [0.25, 0.3) is 5.56 Å². The van der Waals surface area contributed by atoms with Crippen LogP contribution in [0.2, 0.25) is 0 Å². The van der Waals surface area contributed by atoms with Gasteiger partial charge >= 0.3 is 0 Å². The Labute approximate surface area is 121 Å². The number of nitrogens with zero attached hydrogens (tertiary/aromatic N) is 1. The Morgan fingerprint density at radius 2 is 1.95 bits per heavy atom. The minimum Gasteiger partial charge on any atom is -0.308 e. The second-order valence-corrected chi connectivity index (χ2v) is 5.71. The van der Waals surface area contributed by atoms with E-state index in [0.29, 0.717) is 5.92 Å². The molecule has 2 nitrogen and oxygen atoms in total. The quantitative estimate of drug-likeness (QED) is 0.756. The number of aryl methyl sites for hydroxylation is 1. The number of hydrogen-bond acceptors (Lipinski definition) is 1. The van der Waals surface area contributed by atoms with E-state index in [4.69, 9.17) is 0 Å². The van der Waals surface area contributed by atoms with Gasteiger partial charge in [0.05, 0.1) is 5.52 Å². The van der Waals surface area contributed by atoms with Gasteiger partial charge in [0.15, 0.2) is 0 Å². The van der Waals surface area contributed by atoms with Gasteiger partial charge in [0.2, 0.25) is 0 Å². The predicted molar refractivity (Wildman–Crippen MR) is 86.3 cm³/mol. The van der Waals surface area contributed by atoms with Crippen molar-refractivity contribution in [2.24, 2.45) is 5.92 Å². The van der Waals surface area contributed by atoms with Crippen LogP contribution in [-0.4, -0.2) is 4.57 Å². The summed E-state index contributed by atoms with van der Waals surface area (Å²) in [5.74, 6) is 0.596. The lowest BCUT2D eigenvalue weighted by Crippen LogP contribution is -2.24. The molecule has 108 valence electrons. The molecule has 2 rings (SSSR count). The summed E-state index contributed by atoms with van der Waals surface area (Å²) in [7, 11) is 0. The standard InChI is InChI=1S/C18H25NO/c1-4-6-9-15(5-2)13-19-17-11-8-7-10-16(17)14(3)12-18(19)20/h7-8,10-12,15H,4-6,9,13H2,1-3H3/t15-/m1/s1. The van der Waals surface area contributed by atoms with E-state index in [2.05, 4.69) is 26.0 Å². The average Bonchev–Trinajstić information content (AvgIpc) is 2.46. The zero-order chi connectivity index (χ0) is 14.5. The third kappa shape index (κ3) is 3.12. The molecule has 1 aromatic carbocycles. The Morgan fingerprint density at radius 3 is 2.65 bits per heavy atom. The third-order valence-electron chi connectivity index (χ3n) is 4.21. The Balaban J connectivity index is 2.40. The van der Waals surface area contributed by atoms with Crippen LogP contribution in [0.5, 0.6) is 0 Å². The van der Waals surface area contributed by atoms with Gasteiger partial charge in [-0.1, -0.05) is 51.3 Å². The van der Waals surface area contributed by atoms with Crippen LogP contribution in [-0.2, 0) is 6.54 Å². The Morgan fingerprint density at radius 1 is 1.20 bits per heavy atom. The fraction of sp³-hybridized carbons (Fsp3) is 0.500. The van der Waals surface area contributed by atoms with Gasteiger partial charge in [-0.3, -0.25) is 4.79 Å². The maximum Gasteiger partial charge on any atom is 0.251 e. The van der Waals surface area contributed by atoms with Crippen molar-refractivity contribution in [1.29, 1.82) is 0 Å². The SMILES string of the molecule is CCCC[C@@H](CC)Cn1c(=O)cc(C)c2ccccc21. The molecule has 1 atom stereocenters. The van der Waals surface area contributed by atoms with Crippen molar-refractivity contribution in [3.8, 4) is 0 Å². The van der Waals surface area contributed by atoms with Crippen LogP contribution in [0.4, 0.5) is 0 Å². The first-order chi connectivity index (χ1) is 9.67. The van der Waals surface area contributed by atoms with E-state index in [1.54, 1.807) is 6.07 Å². The van der Waals surface area contributed by atoms with Gasteiger partial charge in [-0.2, -0.15) is 0 Å². The highest BCUT2D eigenvalue weighted by Gasteiger charge is 2.11. The van der Waals surface area contributed by atoms with Crippen LogP contribution in [0.15, 0.2) is 35.1 Å². The summed E-state index contributed by atoms with van der Waals surface area (Å²) < 4.78 is 1.96. The van der Waals surface area contributed by atoms with Crippen molar-refractivity contribution in [2.75, 3.05) is 0 Å². The number of hydrogen-bond donors (Lipinski definition) is 0. The number of pyridine rings is 1. The Kier molecular flexibility index (Phi) is 4.99. The number of rotatable bonds is 6. The van der Waals surface area contributed by atoms with Gasteiger partial charge in [-0.25, -0.2) is 0 Å². The number of unbranched alkanes of at least 4 members (excludes halogenated alkanes) is 1. The van der Waals surface area contributed by atoms with E-state index in [-0.39, 0.29) is 5.56 Å². The lowest BCUT2D eigenvalue weighted by Gasteiger charge is -2.18. The van der Waals surface area contributed by atoms with Crippen molar-refractivity contribution in [2.45, 2.75) is 53.0 Å². The summed E-state index contributed by atoms with van der Waals surface area (Å²) in [6.45, 7) is 7.31. The highest BCUT2D eigenvalue weighted by Crippen LogP contribution is 2.20. The summed E-state index contributed by atoms with van der Waals surface area (Å²) in [6, 6.07) is 10.0. The summed E-state index contributed by atoms with van der Waals surface area (Å²) in [5.41, 5.74) is 2.28. The smallest absolute Gasteiger partial charge is 0.251 e. The number of para-hydroxylation sites is 1. The van der Waals surface area contributed by atoms with Crippen LogP contribution in [0.3, 0.4) is 0 Å². The molecule has 0 aliphatic heterocycles. The van der Waals surface area contributed by atoms with Crippen molar-refractivity contribution >= 4 is 10.9 Å². The summed E-state index contributed by atoms with van der Waals surface area (Å²) >= 11 is 0. The number of benzene rings is 1. The summed E-state index contributed by atoms with van der Waals surface area (Å²) in [5, 5.41) is 1.19. The molecule has 0 aliphatic carbocycles. The third-order valence-corrected chi connectivity index (χ3v) is 4.21. The maximum atomic E-state index is 12.3. The molecule has 1 heterocycles. The largest absolute Gasteiger partial charge is 0.308 e. The summed E-state index contributed by atoms with van der Waals surface area (Å²) in [4.78, 5) is 12.3. The Hall–Kier alpha value is -1.57. The fourth-order valence-electron chi connectivity index (χ4n) is 2.87. The monoisotopic (exact) mass is 271 g/mol. The minimum absolute atomic E-state index is 0.135. The molecule has 2 aromatic rings. The predicted octanol–water partition coefficient (Wildman–Crippen LogP) is 4.53. The van der Waals surface area contributed by atoms with Gasteiger partial charge in [0, 0.05) is 18.0 Å². The number of aromatic nitrogens is 1. The molecule has 0 spiro atoms. The van der Waals surface area contributed by atoms with Crippen molar-refractivity contribution in [1.82, 2.24) is 4.57 Å². The van der Waals surface area contributed by atoms with Gasteiger partial charge in [-0.05, 0) is 30.9 Å². The van der Waals surface area contributed by atoms with Crippen molar-refractivity contribution in [3.05, 3.63) is 46.2 Å². The van der Waals surface area contributed by atoms with Gasteiger partial charge in [-0.15, -0.1) is 0 Å². The molecule has 0 saturated carbocycles. The molecule has 0 radical (unpaired) electrons. The molecular formula is C18H25NO. The van der Waals surface area contributed by atoms with E-state index in [9.17, 15) is 4.79 Å². The first-order valence-corrected chi connectivity index (χ1v) is 7.76. The molecule has 0 aliphatic rings. The second kappa shape index (κ2) is 6.74. The van der Waals surface area contributed by atoms with E-state index in [0.717, 1.165) is 24.0 Å². The molecule has 0 N–H and O–H groups in total. The molecule has 2 heteroatoms. The van der Waals surface area contributed by atoms with E-state index < -0.39 is 0 Å². The minimum atomic E-state index is 0.135. The van der Waals surface area contributed by atoms with Crippen LogP contribution in [0.1, 0.15) is 45.1 Å². The molecule has 0 bridgehead atoms. The molecule has 1 aromatic heterocycles. The van der Waals surface area contributed by atoms with E-state index in [1.165, 1.54) is 24.6 Å². The summed E-state index contributed by atoms with van der Waals surface area (Å²) in [6.07, 6.45) is 4.81. The molecule has 0 unspecified atom stereocenters. The zero-order valence-electron chi connectivity index (χ0n) is 12.9. The lowest BCUT2D eigenvalue weighted by molar-refractivity contribution is 0.391. The van der Waals surface area contributed by atoms with Crippen LogP contribution < -0.4 is 5.56 Å². The fourth-order valence-corrected chi connectivity index (χ4v) is 2.87. The maximum absolute atomic E-state index is 12.3.